The summed E-state index contributed by atoms with van der Waals surface area (Å²) < 4.78 is 0. The Balaban J connectivity index is 1.36. The van der Waals surface area contributed by atoms with Crippen LogP contribution in [-0.2, 0) is 0 Å². The van der Waals surface area contributed by atoms with Crippen LogP contribution >= 0.6 is 0 Å². The van der Waals surface area contributed by atoms with Crippen molar-refractivity contribution in [2.24, 2.45) is 0 Å². The number of carbonyl (C=O) groups is 1. The lowest BCUT2D eigenvalue weighted by molar-refractivity contribution is 0.184. The minimum absolute atomic E-state index is 0.0695. The Morgan fingerprint density at radius 2 is 1.88 bits per heavy atom. The molecule has 7 nitrogen and oxygen atoms in total. The van der Waals surface area contributed by atoms with E-state index in [-0.39, 0.29) is 18.5 Å². The second-order valence-electron chi connectivity index (χ2n) is 7.94. The van der Waals surface area contributed by atoms with Crippen LogP contribution in [0.4, 0.5) is 4.79 Å². The average molecular weight is 353 g/mol. The van der Waals surface area contributed by atoms with E-state index in [1.807, 2.05) is 0 Å². The fraction of sp³-hybridized carbons (Fsp3) is 0.944. The second kappa shape index (κ2) is 9.71. The summed E-state index contributed by atoms with van der Waals surface area (Å²) in [4.78, 5) is 12.2. The van der Waals surface area contributed by atoms with E-state index in [0.29, 0.717) is 18.1 Å². The standard InChI is InChI=1S/C18H36N6O/c1-13-12-16(20-11-9-14-8-5-10-19-14)23-17(21-13)24-18(25)22-15-6-3-2-4-7-15/h13-17,19-21,23H,2-12H2,1H3,(H2,22,24,25). The molecular formula is C18H36N6O. The molecule has 3 aliphatic rings. The minimum atomic E-state index is -0.186. The normalized spacial score (nSPS) is 34.0. The number of nitrogens with one attached hydrogen (secondary N) is 6. The molecule has 7 heteroatoms. The average Bonchev–Trinajstić information content (AvgIpc) is 3.08. The van der Waals surface area contributed by atoms with Gasteiger partial charge in [0.2, 0.25) is 0 Å². The van der Waals surface area contributed by atoms with Gasteiger partial charge in [-0.15, -0.1) is 0 Å². The number of amides is 2. The molecule has 1 saturated carbocycles. The van der Waals surface area contributed by atoms with E-state index < -0.39 is 0 Å². The third-order valence-electron chi connectivity index (χ3n) is 5.67. The smallest absolute Gasteiger partial charge is 0.317 e. The molecule has 25 heavy (non-hydrogen) atoms. The highest BCUT2D eigenvalue weighted by molar-refractivity contribution is 5.74. The van der Waals surface area contributed by atoms with Crippen molar-refractivity contribution >= 4 is 6.03 Å². The predicted molar refractivity (Wildman–Crippen MR) is 100 cm³/mol. The Hall–Kier alpha value is -0.890. The fourth-order valence-corrected chi connectivity index (χ4v) is 4.29. The monoisotopic (exact) mass is 352 g/mol. The van der Waals surface area contributed by atoms with Crippen LogP contribution in [-0.4, -0.2) is 49.7 Å². The highest BCUT2D eigenvalue weighted by Crippen LogP contribution is 2.17. The van der Waals surface area contributed by atoms with Crippen molar-refractivity contribution in [1.29, 1.82) is 0 Å². The highest BCUT2D eigenvalue weighted by atomic mass is 16.2. The SMILES string of the molecule is CC1CC(NCCC2CCCN2)NC(NC(=O)NC2CCCCC2)N1. The van der Waals surface area contributed by atoms with E-state index in [4.69, 9.17) is 0 Å². The number of hydrogen-bond donors (Lipinski definition) is 6. The Kier molecular flexibility index (Phi) is 7.34. The van der Waals surface area contributed by atoms with Gasteiger partial charge in [-0.05, 0) is 58.5 Å². The van der Waals surface area contributed by atoms with Crippen molar-refractivity contribution in [3.8, 4) is 0 Å². The summed E-state index contributed by atoms with van der Waals surface area (Å²) in [6.07, 6.45) is 10.8. The zero-order valence-corrected chi connectivity index (χ0v) is 15.6. The molecule has 4 atom stereocenters. The van der Waals surface area contributed by atoms with Crippen LogP contribution in [0, 0.1) is 0 Å². The molecule has 2 amide bonds. The first-order valence-electron chi connectivity index (χ1n) is 10.2. The van der Waals surface area contributed by atoms with E-state index in [0.717, 1.165) is 32.4 Å². The van der Waals surface area contributed by atoms with Gasteiger partial charge in [0, 0.05) is 18.1 Å². The molecule has 0 radical (unpaired) electrons. The molecule has 0 aromatic heterocycles. The van der Waals surface area contributed by atoms with Crippen LogP contribution in [0.25, 0.3) is 0 Å². The summed E-state index contributed by atoms with van der Waals surface area (Å²) in [5.41, 5.74) is 0. The summed E-state index contributed by atoms with van der Waals surface area (Å²) in [5.74, 6) is 0. The molecule has 6 N–H and O–H groups in total. The number of urea groups is 1. The Bertz CT molecular complexity index is 408. The summed E-state index contributed by atoms with van der Waals surface area (Å²) in [6.45, 7) is 4.33. The highest BCUT2D eigenvalue weighted by Gasteiger charge is 2.26. The molecule has 2 saturated heterocycles. The van der Waals surface area contributed by atoms with Gasteiger partial charge in [0.05, 0.1) is 6.17 Å². The molecule has 0 aromatic rings. The first kappa shape index (κ1) is 18.9. The van der Waals surface area contributed by atoms with Gasteiger partial charge in [0.1, 0.15) is 6.29 Å². The first-order valence-corrected chi connectivity index (χ1v) is 10.2. The van der Waals surface area contributed by atoms with Crippen molar-refractivity contribution in [3.63, 3.8) is 0 Å². The van der Waals surface area contributed by atoms with Crippen molar-refractivity contribution in [1.82, 2.24) is 31.9 Å². The van der Waals surface area contributed by atoms with Crippen molar-refractivity contribution < 1.29 is 4.79 Å². The van der Waals surface area contributed by atoms with Crippen molar-refractivity contribution in [2.45, 2.75) is 95.3 Å². The number of rotatable bonds is 6. The molecule has 3 rings (SSSR count). The van der Waals surface area contributed by atoms with Gasteiger partial charge >= 0.3 is 6.03 Å². The molecule has 0 aromatic carbocycles. The molecule has 4 unspecified atom stereocenters. The maximum atomic E-state index is 12.2. The molecule has 3 fully saturated rings. The maximum Gasteiger partial charge on any atom is 0.317 e. The van der Waals surface area contributed by atoms with Crippen LogP contribution in [0.5, 0.6) is 0 Å². The zero-order valence-electron chi connectivity index (χ0n) is 15.6. The second-order valence-corrected chi connectivity index (χ2v) is 7.94. The van der Waals surface area contributed by atoms with Gasteiger partial charge in [-0.25, -0.2) is 4.79 Å². The van der Waals surface area contributed by atoms with Gasteiger partial charge in [0.25, 0.3) is 0 Å². The maximum absolute atomic E-state index is 12.2. The zero-order chi connectivity index (χ0) is 17.5. The lowest BCUT2D eigenvalue weighted by Crippen LogP contribution is -2.68. The third kappa shape index (κ3) is 6.40. The van der Waals surface area contributed by atoms with Crippen molar-refractivity contribution in [2.75, 3.05) is 13.1 Å². The summed E-state index contributed by atoms with van der Waals surface area (Å²) >= 11 is 0. The van der Waals surface area contributed by atoms with Crippen LogP contribution < -0.4 is 31.9 Å². The molecule has 0 bridgehead atoms. The summed E-state index contributed by atoms with van der Waals surface area (Å²) in [7, 11) is 0. The van der Waals surface area contributed by atoms with Crippen molar-refractivity contribution in [3.05, 3.63) is 0 Å². The molecule has 2 aliphatic heterocycles. The summed E-state index contributed by atoms with van der Waals surface area (Å²) in [5, 5.41) is 20.2. The lowest BCUT2D eigenvalue weighted by Gasteiger charge is -2.37. The number of hydrogen-bond acceptors (Lipinski definition) is 5. The van der Waals surface area contributed by atoms with Crippen LogP contribution in [0.2, 0.25) is 0 Å². The Morgan fingerprint density at radius 3 is 2.64 bits per heavy atom. The molecule has 0 spiro atoms. The van der Waals surface area contributed by atoms with Gasteiger partial charge < -0.3 is 21.3 Å². The van der Waals surface area contributed by atoms with Gasteiger partial charge in [-0.2, -0.15) is 0 Å². The van der Waals surface area contributed by atoms with Gasteiger partial charge in [-0.1, -0.05) is 19.3 Å². The Morgan fingerprint density at radius 1 is 1.04 bits per heavy atom. The summed E-state index contributed by atoms with van der Waals surface area (Å²) in [6, 6.07) is 1.30. The molecule has 2 heterocycles. The van der Waals surface area contributed by atoms with Gasteiger partial charge in [0.15, 0.2) is 0 Å². The van der Waals surface area contributed by atoms with Crippen LogP contribution in [0.1, 0.15) is 64.7 Å². The lowest BCUT2D eigenvalue weighted by atomic mass is 9.96. The first-order chi connectivity index (χ1) is 12.2. The quantitative estimate of drug-likeness (QED) is 0.428. The number of carbonyl (C=O) groups excluding carboxylic acids is 1. The Labute approximate surface area is 151 Å². The largest absolute Gasteiger partial charge is 0.335 e. The fourth-order valence-electron chi connectivity index (χ4n) is 4.29. The van der Waals surface area contributed by atoms with E-state index in [1.165, 1.54) is 38.5 Å². The van der Waals surface area contributed by atoms with E-state index in [9.17, 15) is 4.79 Å². The van der Waals surface area contributed by atoms with E-state index in [1.54, 1.807) is 0 Å². The predicted octanol–water partition coefficient (Wildman–Crippen LogP) is 0.931. The van der Waals surface area contributed by atoms with Gasteiger partial charge in [-0.3, -0.25) is 10.6 Å². The molecular weight excluding hydrogens is 316 g/mol. The molecule has 144 valence electrons. The van der Waals surface area contributed by atoms with Crippen LogP contribution in [0.15, 0.2) is 0 Å². The van der Waals surface area contributed by atoms with Crippen LogP contribution in [0.3, 0.4) is 0 Å². The topological polar surface area (TPSA) is 89.2 Å². The van der Waals surface area contributed by atoms with E-state index in [2.05, 4.69) is 38.8 Å². The third-order valence-corrected chi connectivity index (χ3v) is 5.67. The minimum Gasteiger partial charge on any atom is -0.335 e. The van der Waals surface area contributed by atoms with E-state index >= 15 is 0 Å². The molecule has 1 aliphatic carbocycles.